The maximum Gasteiger partial charge on any atom is 0.324 e. The number of carbonyl (C=O) groups is 1. The largest absolute Gasteiger partial charge is 0.324 e. The van der Waals surface area contributed by atoms with E-state index in [-0.39, 0.29) is 6.03 Å². The summed E-state index contributed by atoms with van der Waals surface area (Å²) >= 11 is 3.28. The van der Waals surface area contributed by atoms with E-state index in [0.29, 0.717) is 5.82 Å². The molecule has 0 aliphatic rings. The minimum absolute atomic E-state index is 0.310. The lowest BCUT2D eigenvalue weighted by molar-refractivity contribution is 0.262. The summed E-state index contributed by atoms with van der Waals surface area (Å²) in [7, 11) is 0. The molecule has 0 unspecified atom stereocenters. The van der Waals surface area contributed by atoms with E-state index in [4.69, 9.17) is 0 Å². The Kier molecular flexibility index (Phi) is 3.94. The lowest BCUT2D eigenvalue weighted by Crippen LogP contribution is -2.20. The standard InChI is InChI=1S/C13H12BrN3O/c1-9-3-2-4-11(7-9)16-13(18)17-12-6-5-10(14)8-15-12/h2-8H,1H3,(H2,15,16,17,18). The zero-order valence-electron chi connectivity index (χ0n) is 9.77. The number of rotatable bonds is 2. The Hall–Kier alpha value is -1.88. The fraction of sp³-hybridized carbons (Fsp3) is 0.0769. The van der Waals surface area contributed by atoms with Crippen molar-refractivity contribution in [3.8, 4) is 0 Å². The molecule has 2 rings (SSSR count). The average molecular weight is 306 g/mol. The van der Waals surface area contributed by atoms with Gasteiger partial charge in [-0.15, -0.1) is 0 Å². The summed E-state index contributed by atoms with van der Waals surface area (Å²) < 4.78 is 0.868. The third-order valence-corrected chi connectivity index (χ3v) is 2.71. The van der Waals surface area contributed by atoms with Crippen LogP contribution in [-0.2, 0) is 0 Å². The van der Waals surface area contributed by atoms with Crippen LogP contribution in [-0.4, -0.2) is 11.0 Å². The Morgan fingerprint density at radius 2 is 2.06 bits per heavy atom. The van der Waals surface area contributed by atoms with Gasteiger partial charge in [0.1, 0.15) is 5.82 Å². The summed E-state index contributed by atoms with van der Waals surface area (Å²) in [6.07, 6.45) is 1.63. The van der Waals surface area contributed by atoms with Crippen LogP contribution in [0.25, 0.3) is 0 Å². The second kappa shape index (κ2) is 5.64. The van der Waals surface area contributed by atoms with Gasteiger partial charge in [0.25, 0.3) is 0 Å². The molecule has 0 radical (unpaired) electrons. The maximum absolute atomic E-state index is 11.7. The number of aryl methyl sites for hydroxylation is 1. The number of aromatic nitrogens is 1. The highest BCUT2D eigenvalue weighted by atomic mass is 79.9. The van der Waals surface area contributed by atoms with Crippen molar-refractivity contribution in [1.29, 1.82) is 0 Å². The molecule has 0 saturated heterocycles. The maximum atomic E-state index is 11.7. The van der Waals surface area contributed by atoms with Gasteiger partial charge in [-0.3, -0.25) is 5.32 Å². The van der Waals surface area contributed by atoms with E-state index >= 15 is 0 Å². The van der Waals surface area contributed by atoms with Crippen molar-refractivity contribution in [2.75, 3.05) is 10.6 Å². The topological polar surface area (TPSA) is 54.0 Å². The number of hydrogen-bond donors (Lipinski definition) is 2. The van der Waals surface area contributed by atoms with Crippen LogP contribution in [0.4, 0.5) is 16.3 Å². The quantitative estimate of drug-likeness (QED) is 0.886. The summed E-state index contributed by atoms with van der Waals surface area (Å²) in [5, 5.41) is 5.40. The van der Waals surface area contributed by atoms with Crippen molar-refractivity contribution in [3.63, 3.8) is 0 Å². The molecule has 0 aliphatic heterocycles. The van der Waals surface area contributed by atoms with Crippen molar-refractivity contribution in [3.05, 3.63) is 52.6 Å². The molecule has 0 bridgehead atoms. The summed E-state index contributed by atoms with van der Waals surface area (Å²) in [6, 6.07) is 10.8. The van der Waals surface area contributed by atoms with E-state index < -0.39 is 0 Å². The number of nitrogens with one attached hydrogen (secondary N) is 2. The molecule has 0 fully saturated rings. The monoisotopic (exact) mass is 305 g/mol. The van der Waals surface area contributed by atoms with Crippen molar-refractivity contribution >= 4 is 33.5 Å². The number of benzene rings is 1. The van der Waals surface area contributed by atoms with Crippen LogP contribution in [0.1, 0.15) is 5.56 Å². The molecule has 5 heteroatoms. The summed E-state index contributed by atoms with van der Waals surface area (Å²) in [5.74, 6) is 0.503. The summed E-state index contributed by atoms with van der Waals surface area (Å²) in [6.45, 7) is 1.97. The van der Waals surface area contributed by atoms with Gasteiger partial charge in [0, 0.05) is 16.4 Å². The smallest absolute Gasteiger partial charge is 0.308 e. The molecule has 2 N–H and O–H groups in total. The van der Waals surface area contributed by atoms with Crippen LogP contribution in [0, 0.1) is 6.92 Å². The normalized spacial score (nSPS) is 9.89. The predicted octanol–water partition coefficient (Wildman–Crippen LogP) is 3.80. The van der Waals surface area contributed by atoms with Crippen molar-refractivity contribution in [2.45, 2.75) is 6.92 Å². The molecule has 1 aromatic carbocycles. The van der Waals surface area contributed by atoms with Gasteiger partial charge in [-0.25, -0.2) is 9.78 Å². The summed E-state index contributed by atoms with van der Waals surface area (Å²) in [4.78, 5) is 15.8. The van der Waals surface area contributed by atoms with Crippen LogP contribution in [0.3, 0.4) is 0 Å². The van der Waals surface area contributed by atoms with Crippen LogP contribution in [0.2, 0.25) is 0 Å². The van der Waals surface area contributed by atoms with Gasteiger partial charge in [-0.05, 0) is 52.7 Å². The van der Waals surface area contributed by atoms with Gasteiger partial charge in [0.05, 0.1) is 0 Å². The second-order valence-electron chi connectivity index (χ2n) is 3.81. The molecule has 92 valence electrons. The first-order chi connectivity index (χ1) is 8.63. The Morgan fingerprint density at radius 3 is 2.72 bits per heavy atom. The highest BCUT2D eigenvalue weighted by Crippen LogP contribution is 2.12. The van der Waals surface area contributed by atoms with Crippen molar-refractivity contribution in [2.24, 2.45) is 0 Å². The minimum Gasteiger partial charge on any atom is -0.308 e. The molecule has 1 aromatic heterocycles. The van der Waals surface area contributed by atoms with E-state index in [2.05, 4.69) is 31.5 Å². The first-order valence-electron chi connectivity index (χ1n) is 5.40. The van der Waals surface area contributed by atoms with Gasteiger partial charge in [0.15, 0.2) is 0 Å². The molecular weight excluding hydrogens is 294 g/mol. The molecule has 2 amide bonds. The number of anilines is 2. The van der Waals surface area contributed by atoms with E-state index in [1.165, 1.54) is 0 Å². The molecule has 0 atom stereocenters. The number of amides is 2. The van der Waals surface area contributed by atoms with Crippen LogP contribution >= 0.6 is 15.9 Å². The fourth-order valence-corrected chi connectivity index (χ4v) is 1.69. The number of halogens is 1. The fourth-order valence-electron chi connectivity index (χ4n) is 1.45. The Bertz CT molecular complexity index is 554. The molecule has 2 aromatic rings. The van der Waals surface area contributed by atoms with Gasteiger partial charge in [-0.2, -0.15) is 0 Å². The second-order valence-corrected chi connectivity index (χ2v) is 4.73. The molecule has 18 heavy (non-hydrogen) atoms. The van der Waals surface area contributed by atoms with Crippen LogP contribution in [0.15, 0.2) is 47.1 Å². The van der Waals surface area contributed by atoms with Crippen LogP contribution in [0.5, 0.6) is 0 Å². The Morgan fingerprint density at radius 1 is 1.22 bits per heavy atom. The number of pyridine rings is 1. The Balaban J connectivity index is 1.98. The number of nitrogens with zero attached hydrogens (tertiary/aromatic N) is 1. The first-order valence-corrected chi connectivity index (χ1v) is 6.19. The highest BCUT2D eigenvalue weighted by Gasteiger charge is 2.03. The SMILES string of the molecule is Cc1cccc(NC(=O)Nc2ccc(Br)cn2)c1. The predicted molar refractivity (Wildman–Crippen MR) is 75.8 cm³/mol. The molecule has 0 spiro atoms. The molecule has 0 saturated carbocycles. The van der Waals surface area contributed by atoms with Gasteiger partial charge in [-0.1, -0.05) is 12.1 Å². The number of urea groups is 1. The Labute approximate surface area is 114 Å². The van der Waals surface area contributed by atoms with E-state index in [1.54, 1.807) is 12.3 Å². The van der Waals surface area contributed by atoms with E-state index in [1.807, 2.05) is 37.3 Å². The first kappa shape index (κ1) is 12.6. The number of carbonyl (C=O) groups excluding carboxylic acids is 1. The zero-order valence-corrected chi connectivity index (χ0v) is 11.4. The average Bonchev–Trinajstić information content (AvgIpc) is 2.32. The van der Waals surface area contributed by atoms with E-state index in [9.17, 15) is 4.79 Å². The molecule has 1 heterocycles. The van der Waals surface area contributed by atoms with E-state index in [0.717, 1.165) is 15.7 Å². The molecule has 0 aliphatic carbocycles. The van der Waals surface area contributed by atoms with Gasteiger partial charge >= 0.3 is 6.03 Å². The zero-order chi connectivity index (χ0) is 13.0. The third-order valence-electron chi connectivity index (χ3n) is 2.24. The summed E-state index contributed by atoms with van der Waals surface area (Å²) in [5.41, 5.74) is 1.85. The number of hydrogen-bond acceptors (Lipinski definition) is 2. The third kappa shape index (κ3) is 3.56. The van der Waals surface area contributed by atoms with Crippen molar-refractivity contribution < 1.29 is 4.79 Å². The van der Waals surface area contributed by atoms with Gasteiger partial charge in [0.2, 0.25) is 0 Å². The molecular formula is C13H12BrN3O. The highest BCUT2D eigenvalue weighted by molar-refractivity contribution is 9.10. The van der Waals surface area contributed by atoms with Crippen LogP contribution < -0.4 is 10.6 Å². The lowest BCUT2D eigenvalue weighted by Gasteiger charge is -2.07. The molecule has 4 nitrogen and oxygen atoms in total. The lowest BCUT2D eigenvalue weighted by atomic mass is 10.2. The van der Waals surface area contributed by atoms with Gasteiger partial charge < -0.3 is 5.32 Å². The minimum atomic E-state index is -0.310. The van der Waals surface area contributed by atoms with Crippen molar-refractivity contribution in [1.82, 2.24) is 4.98 Å².